The number of fused-ring (bicyclic) bond motifs is 1. The van der Waals surface area contributed by atoms with Gasteiger partial charge in [-0.1, -0.05) is 29.8 Å². The monoisotopic (exact) mass is 381 g/mol. The molecule has 0 bridgehead atoms. The van der Waals surface area contributed by atoms with E-state index in [4.69, 9.17) is 16.0 Å². The van der Waals surface area contributed by atoms with Gasteiger partial charge in [-0.15, -0.1) is 0 Å². The van der Waals surface area contributed by atoms with E-state index in [1.54, 1.807) is 37.3 Å². The summed E-state index contributed by atoms with van der Waals surface area (Å²) in [6.45, 7) is 1.55. The number of hydrazone groups is 1. The van der Waals surface area contributed by atoms with E-state index in [0.717, 1.165) is 6.07 Å². The number of pyridine rings is 1. The van der Waals surface area contributed by atoms with E-state index in [1.807, 2.05) is 0 Å². The van der Waals surface area contributed by atoms with Crippen LogP contribution in [0, 0.1) is 0 Å². The first-order valence-corrected chi connectivity index (χ1v) is 7.70. The van der Waals surface area contributed by atoms with Gasteiger partial charge in [0, 0.05) is 11.6 Å². The minimum absolute atomic E-state index is 0.0656. The molecule has 134 valence electrons. The van der Waals surface area contributed by atoms with Crippen molar-refractivity contribution < 1.29 is 17.6 Å². The molecule has 0 saturated heterocycles. The van der Waals surface area contributed by atoms with Crippen LogP contribution in [0.25, 0.3) is 11.0 Å². The van der Waals surface area contributed by atoms with Gasteiger partial charge in [-0.3, -0.25) is 5.43 Å². The van der Waals surface area contributed by atoms with E-state index in [0.29, 0.717) is 17.2 Å². The summed E-state index contributed by atoms with van der Waals surface area (Å²) in [6.07, 6.45) is -3.90. The van der Waals surface area contributed by atoms with Crippen molar-refractivity contribution >= 4 is 34.1 Å². The molecule has 2 aromatic heterocycles. The van der Waals surface area contributed by atoms with Crippen LogP contribution in [0.2, 0.25) is 5.02 Å². The summed E-state index contributed by atoms with van der Waals surface area (Å²) in [7, 11) is 0. The van der Waals surface area contributed by atoms with Crippen LogP contribution in [0.4, 0.5) is 19.0 Å². The molecular formula is C17H11ClF3N3O2. The molecule has 3 rings (SSSR count). The second-order valence-electron chi connectivity index (χ2n) is 5.35. The Morgan fingerprint density at radius 2 is 2.00 bits per heavy atom. The fourth-order valence-electron chi connectivity index (χ4n) is 2.19. The third-order valence-corrected chi connectivity index (χ3v) is 3.82. The smallest absolute Gasteiger partial charge is 0.417 e. The molecule has 0 radical (unpaired) electrons. The maximum atomic E-state index is 12.6. The molecule has 26 heavy (non-hydrogen) atoms. The van der Waals surface area contributed by atoms with Crippen molar-refractivity contribution in [2.45, 2.75) is 13.1 Å². The van der Waals surface area contributed by atoms with Crippen molar-refractivity contribution in [1.29, 1.82) is 0 Å². The fourth-order valence-corrected chi connectivity index (χ4v) is 2.39. The van der Waals surface area contributed by atoms with Gasteiger partial charge in [0.15, 0.2) is 5.82 Å². The maximum absolute atomic E-state index is 12.6. The van der Waals surface area contributed by atoms with Gasteiger partial charge in [0.2, 0.25) is 0 Å². The van der Waals surface area contributed by atoms with Gasteiger partial charge in [0.25, 0.3) is 0 Å². The van der Waals surface area contributed by atoms with Crippen LogP contribution in [0.15, 0.2) is 56.9 Å². The Balaban J connectivity index is 1.89. The number of hydrogen-bond donors (Lipinski definition) is 1. The van der Waals surface area contributed by atoms with Crippen LogP contribution in [0.1, 0.15) is 18.1 Å². The Hall–Kier alpha value is -2.87. The quantitative estimate of drug-likeness (QED) is 0.406. The fraction of sp³-hybridized carbons (Fsp3) is 0.118. The summed E-state index contributed by atoms with van der Waals surface area (Å²) in [5.41, 5.74) is 1.82. The standard InChI is InChI=1S/C17H11ClF3N3O2/c1-9(12-6-10-4-2-3-5-14(10)26-16(12)25)23-24-15-13(18)7-11(8-22-15)17(19,20)21/h2-8H,1H3,(H,22,24)/b23-9-. The summed E-state index contributed by atoms with van der Waals surface area (Å²) in [5.74, 6) is -0.0656. The lowest BCUT2D eigenvalue weighted by atomic mass is 10.1. The van der Waals surface area contributed by atoms with Crippen LogP contribution in [-0.2, 0) is 6.18 Å². The summed E-state index contributed by atoms with van der Waals surface area (Å²) < 4.78 is 43.1. The van der Waals surface area contributed by atoms with Crippen molar-refractivity contribution in [3.8, 4) is 0 Å². The molecule has 3 aromatic rings. The number of anilines is 1. The van der Waals surface area contributed by atoms with Crippen LogP contribution < -0.4 is 11.1 Å². The zero-order chi connectivity index (χ0) is 18.9. The third-order valence-electron chi connectivity index (χ3n) is 3.53. The Morgan fingerprint density at radius 1 is 1.27 bits per heavy atom. The zero-order valence-corrected chi connectivity index (χ0v) is 14.0. The second kappa shape index (κ2) is 6.80. The van der Waals surface area contributed by atoms with Gasteiger partial charge in [-0.2, -0.15) is 18.3 Å². The highest BCUT2D eigenvalue weighted by molar-refractivity contribution is 6.33. The normalized spacial score (nSPS) is 12.4. The molecule has 0 saturated carbocycles. The molecule has 0 amide bonds. The molecule has 1 aromatic carbocycles. The molecule has 5 nitrogen and oxygen atoms in total. The number of hydrogen-bond acceptors (Lipinski definition) is 5. The Labute approximate surface area is 150 Å². The van der Waals surface area contributed by atoms with Gasteiger partial charge >= 0.3 is 11.8 Å². The average Bonchev–Trinajstić information content (AvgIpc) is 2.59. The molecule has 0 aliphatic carbocycles. The van der Waals surface area contributed by atoms with E-state index < -0.39 is 17.4 Å². The number of alkyl halides is 3. The van der Waals surface area contributed by atoms with Crippen LogP contribution in [0.5, 0.6) is 0 Å². The Kier molecular flexibility index (Phi) is 4.69. The minimum Gasteiger partial charge on any atom is -0.422 e. The summed E-state index contributed by atoms with van der Waals surface area (Å²) in [6, 6.07) is 9.33. The number of para-hydroxylation sites is 1. The van der Waals surface area contributed by atoms with Crippen molar-refractivity contribution in [2.75, 3.05) is 5.43 Å². The van der Waals surface area contributed by atoms with E-state index in [1.165, 1.54) is 0 Å². The molecule has 0 aliphatic heterocycles. The lowest BCUT2D eigenvalue weighted by molar-refractivity contribution is -0.137. The van der Waals surface area contributed by atoms with E-state index in [2.05, 4.69) is 15.5 Å². The minimum atomic E-state index is -4.54. The molecule has 0 fully saturated rings. The van der Waals surface area contributed by atoms with Crippen LogP contribution in [0.3, 0.4) is 0 Å². The lowest BCUT2D eigenvalue weighted by Crippen LogP contribution is -2.13. The lowest BCUT2D eigenvalue weighted by Gasteiger charge is -2.09. The van der Waals surface area contributed by atoms with Gasteiger partial charge in [-0.25, -0.2) is 9.78 Å². The molecular weight excluding hydrogens is 371 g/mol. The summed E-state index contributed by atoms with van der Waals surface area (Å²) in [4.78, 5) is 15.7. The summed E-state index contributed by atoms with van der Waals surface area (Å²) in [5, 5.41) is 4.43. The van der Waals surface area contributed by atoms with Crippen LogP contribution in [-0.4, -0.2) is 10.7 Å². The average molecular weight is 382 g/mol. The van der Waals surface area contributed by atoms with Crippen molar-refractivity contribution in [3.05, 3.63) is 69.2 Å². The zero-order valence-electron chi connectivity index (χ0n) is 13.3. The third kappa shape index (κ3) is 3.70. The molecule has 0 aliphatic rings. The maximum Gasteiger partial charge on any atom is 0.417 e. The number of nitrogens with zero attached hydrogens (tertiary/aromatic N) is 2. The first kappa shape index (κ1) is 17.9. The predicted molar refractivity (Wildman–Crippen MR) is 92.6 cm³/mol. The SMILES string of the molecule is C/C(=N/Nc1ncc(C(F)(F)F)cc1Cl)c1cc2ccccc2oc1=O. The molecule has 0 unspecified atom stereocenters. The Morgan fingerprint density at radius 3 is 2.69 bits per heavy atom. The number of rotatable bonds is 3. The van der Waals surface area contributed by atoms with Gasteiger partial charge in [0.05, 0.1) is 21.9 Å². The van der Waals surface area contributed by atoms with E-state index >= 15 is 0 Å². The molecule has 0 atom stereocenters. The highest BCUT2D eigenvalue weighted by Gasteiger charge is 2.31. The number of nitrogens with one attached hydrogen (secondary N) is 1. The van der Waals surface area contributed by atoms with E-state index in [9.17, 15) is 18.0 Å². The van der Waals surface area contributed by atoms with Crippen molar-refractivity contribution in [1.82, 2.24) is 4.98 Å². The topological polar surface area (TPSA) is 67.5 Å². The first-order valence-electron chi connectivity index (χ1n) is 7.32. The predicted octanol–water partition coefficient (Wildman–Crippen LogP) is 4.70. The first-order chi connectivity index (χ1) is 12.3. The number of aromatic nitrogens is 1. The molecule has 1 N–H and O–H groups in total. The Bertz CT molecular complexity index is 1060. The molecule has 0 spiro atoms. The van der Waals surface area contributed by atoms with Crippen molar-refractivity contribution in [3.63, 3.8) is 0 Å². The number of halogens is 4. The van der Waals surface area contributed by atoms with Gasteiger partial charge in [0.1, 0.15) is 5.58 Å². The number of benzene rings is 1. The molecule has 2 heterocycles. The highest BCUT2D eigenvalue weighted by atomic mass is 35.5. The van der Waals surface area contributed by atoms with Crippen molar-refractivity contribution in [2.24, 2.45) is 5.10 Å². The van der Waals surface area contributed by atoms with Crippen LogP contribution >= 0.6 is 11.6 Å². The summed E-state index contributed by atoms with van der Waals surface area (Å²) >= 11 is 5.80. The van der Waals surface area contributed by atoms with Gasteiger partial charge < -0.3 is 4.42 Å². The van der Waals surface area contributed by atoms with E-state index in [-0.39, 0.29) is 22.1 Å². The second-order valence-corrected chi connectivity index (χ2v) is 5.75. The largest absolute Gasteiger partial charge is 0.422 e. The highest BCUT2D eigenvalue weighted by Crippen LogP contribution is 2.32. The molecule has 9 heteroatoms. The van der Waals surface area contributed by atoms with Gasteiger partial charge in [-0.05, 0) is 25.1 Å².